The first-order valence-electron chi connectivity index (χ1n) is 6.42. The van der Waals surface area contributed by atoms with Gasteiger partial charge in [-0.05, 0) is 36.5 Å². The molecule has 2 heterocycles. The molecule has 1 atom stereocenters. The number of hydrogen-bond donors (Lipinski definition) is 0. The van der Waals surface area contributed by atoms with Crippen LogP contribution in [-0.4, -0.2) is 22.9 Å². The number of benzene rings is 1. The molecule has 0 unspecified atom stereocenters. The summed E-state index contributed by atoms with van der Waals surface area (Å²) < 4.78 is 0. The van der Waals surface area contributed by atoms with Crippen molar-refractivity contribution in [2.24, 2.45) is 0 Å². The van der Waals surface area contributed by atoms with Crippen molar-refractivity contribution in [3.63, 3.8) is 0 Å². The van der Waals surface area contributed by atoms with Gasteiger partial charge in [-0.15, -0.1) is 6.58 Å². The van der Waals surface area contributed by atoms with E-state index in [9.17, 15) is 4.79 Å². The second-order valence-electron chi connectivity index (χ2n) is 5.11. The van der Waals surface area contributed by atoms with Gasteiger partial charge < -0.3 is 4.90 Å². The lowest BCUT2D eigenvalue weighted by Gasteiger charge is -2.44. The highest BCUT2D eigenvalue weighted by Crippen LogP contribution is 2.47. The lowest BCUT2D eigenvalue weighted by Crippen LogP contribution is -2.51. The Bertz CT molecular complexity index is 546. The Labute approximate surface area is 108 Å². The molecule has 1 fully saturated rings. The second kappa shape index (κ2) is 3.84. The first kappa shape index (κ1) is 11.3. The van der Waals surface area contributed by atoms with E-state index in [0.29, 0.717) is 0 Å². The minimum atomic E-state index is -0.215. The van der Waals surface area contributed by atoms with E-state index in [2.05, 4.69) is 13.2 Å². The Morgan fingerprint density at radius 3 is 2.78 bits per heavy atom. The van der Waals surface area contributed by atoms with Crippen LogP contribution < -0.4 is 0 Å². The summed E-state index contributed by atoms with van der Waals surface area (Å²) in [5.74, 6) is 0.150. The smallest absolute Gasteiger partial charge is 0.255 e. The van der Waals surface area contributed by atoms with Gasteiger partial charge in [0.05, 0.1) is 5.54 Å². The van der Waals surface area contributed by atoms with Crippen molar-refractivity contribution in [1.82, 2.24) is 4.90 Å². The number of amides is 1. The summed E-state index contributed by atoms with van der Waals surface area (Å²) in [6.07, 6.45) is 4.75. The zero-order valence-corrected chi connectivity index (χ0v) is 10.5. The number of fused-ring (bicyclic) bond motifs is 2. The summed E-state index contributed by atoms with van der Waals surface area (Å²) >= 11 is 0. The minimum Gasteiger partial charge on any atom is -0.329 e. The fraction of sp³-hybridized carbons (Fsp3) is 0.312. The molecule has 0 bridgehead atoms. The number of hydrogen-bond acceptors (Lipinski definition) is 1. The summed E-state index contributed by atoms with van der Waals surface area (Å²) in [6.45, 7) is 8.96. The molecule has 2 heteroatoms. The normalized spacial score (nSPS) is 25.9. The van der Waals surface area contributed by atoms with Crippen molar-refractivity contribution in [2.45, 2.75) is 24.8 Å². The third kappa shape index (κ3) is 1.26. The maximum Gasteiger partial charge on any atom is 0.255 e. The van der Waals surface area contributed by atoms with E-state index in [1.165, 1.54) is 0 Å². The van der Waals surface area contributed by atoms with E-state index < -0.39 is 0 Å². The molecule has 2 aliphatic rings. The van der Waals surface area contributed by atoms with E-state index in [1.807, 2.05) is 35.2 Å². The molecule has 0 radical (unpaired) electrons. The van der Waals surface area contributed by atoms with Gasteiger partial charge in [-0.2, -0.15) is 0 Å². The molecule has 0 N–H and O–H groups in total. The molecule has 0 aromatic heterocycles. The van der Waals surface area contributed by atoms with Crippen molar-refractivity contribution in [1.29, 1.82) is 0 Å². The third-order valence-corrected chi connectivity index (χ3v) is 4.26. The Morgan fingerprint density at radius 1 is 1.33 bits per heavy atom. The highest BCUT2D eigenvalue weighted by atomic mass is 16.2. The van der Waals surface area contributed by atoms with Crippen molar-refractivity contribution in [3.8, 4) is 0 Å². The molecule has 0 spiro atoms. The molecule has 0 saturated carbocycles. The molecule has 1 aromatic rings. The minimum absolute atomic E-state index is 0.150. The fourth-order valence-electron chi connectivity index (χ4n) is 3.39. The highest BCUT2D eigenvalue weighted by molar-refractivity contribution is 6.05. The molecule has 0 aliphatic carbocycles. The Hall–Kier alpha value is -1.83. The van der Waals surface area contributed by atoms with Crippen molar-refractivity contribution in [2.75, 3.05) is 6.54 Å². The largest absolute Gasteiger partial charge is 0.329 e. The maximum absolute atomic E-state index is 12.6. The molecular formula is C16H17NO. The van der Waals surface area contributed by atoms with Crippen LogP contribution in [0.4, 0.5) is 0 Å². The maximum atomic E-state index is 12.6. The molecule has 2 nitrogen and oxygen atoms in total. The van der Waals surface area contributed by atoms with Crippen LogP contribution in [0.2, 0.25) is 0 Å². The van der Waals surface area contributed by atoms with Crippen molar-refractivity contribution < 1.29 is 4.79 Å². The van der Waals surface area contributed by atoms with E-state index in [1.54, 1.807) is 0 Å². The number of carbonyl (C=O) groups is 1. The molecular weight excluding hydrogens is 222 g/mol. The van der Waals surface area contributed by atoms with Gasteiger partial charge in [0.25, 0.3) is 5.91 Å². The SMILES string of the molecule is C=CC[C@@]12CCCN1C(=O)c1ccccc1C2=C. The summed E-state index contributed by atoms with van der Waals surface area (Å²) in [5, 5.41) is 0. The Kier molecular flexibility index (Phi) is 2.40. The molecule has 18 heavy (non-hydrogen) atoms. The third-order valence-electron chi connectivity index (χ3n) is 4.26. The fourth-order valence-corrected chi connectivity index (χ4v) is 3.39. The average molecular weight is 239 g/mol. The molecule has 1 amide bonds. The lowest BCUT2D eigenvalue weighted by atomic mass is 9.76. The molecule has 1 aromatic carbocycles. The topological polar surface area (TPSA) is 20.3 Å². The monoisotopic (exact) mass is 239 g/mol. The predicted molar refractivity (Wildman–Crippen MR) is 73.3 cm³/mol. The number of nitrogens with zero attached hydrogens (tertiary/aromatic N) is 1. The van der Waals surface area contributed by atoms with E-state index >= 15 is 0 Å². The number of carbonyl (C=O) groups excluding carboxylic acids is 1. The van der Waals surface area contributed by atoms with E-state index in [4.69, 9.17) is 0 Å². The summed E-state index contributed by atoms with van der Waals surface area (Å²) in [6, 6.07) is 7.80. The van der Waals surface area contributed by atoms with Crippen LogP contribution in [0, 0.1) is 0 Å². The van der Waals surface area contributed by atoms with Gasteiger partial charge in [-0.1, -0.05) is 30.9 Å². The van der Waals surface area contributed by atoms with Gasteiger partial charge in [0.1, 0.15) is 0 Å². The molecule has 1 saturated heterocycles. The van der Waals surface area contributed by atoms with Gasteiger partial charge in [-0.3, -0.25) is 4.79 Å². The first-order chi connectivity index (χ1) is 8.70. The molecule has 2 aliphatic heterocycles. The van der Waals surface area contributed by atoms with Crippen LogP contribution in [0.1, 0.15) is 35.2 Å². The second-order valence-corrected chi connectivity index (χ2v) is 5.11. The van der Waals surface area contributed by atoms with Crippen LogP contribution in [0.25, 0.3) is 5.57 Å². The highest BCUT2D eigenvalue weighted by Gasteiger charge is 2.49. The first-order valence-corrected chi connectivity index (χ1v) is 6.42. The Balaban J connectivity index is 2.20. The standard InChI is InChI=1S/C16H17NO/c1-3-9-16-10-6-11-17(16)15(18)14-8-5-4-7-13(14)12(16)2/h3-5,7-8H,1-2,6,9-11H2/t16-/m0/s1. The predicted octanol–water partition coefficient (Wildman–Crippen LogP) is 3.26. The summed E-state index contributed by atoms with van der Waals surface area (Å²) in [5.41, 5.74) is 2.68. The zero-order chi connectivity index (χ0) is 12.8. The zero-order valence-electron chi connectivity index (χ0n) is 10.5. The Morgan fingerprint density at radius 2 is 2.06 bits per heavy atom. The van der Waals surface area contributed by atoms with Gasteiger partial charge >= 0.3 is 0 Å². The van der Waals surface area contributed by atoms with Gasteiger partial charge in [-0.25, -0.2) is 0 Å². The van der Waals surface area contributed by atoms with Crippen molar-refractivity contribution in [3.05, 3.63) is 54.6 Å². The van der Waals surface area contributed by atoms with Crippen LogP contribution in [0.3, 0.4) is 0 Å². The van der Waals surface area contributed by atoms with Crippen molar-refractivity contribution >= 4 is 11.5 Å². The molecule has 92 valence electrons. The average Bonchev–Trinajstić information content (AvgIpc) is 2.82. The van der Waals surface area contributed by atoms with E-state index in [0.717, 1.165) is 42.5 Å². The summed E-state index contributed by atoms with van der Waals surface area (Å²) in [4.78, 5) is 14.6. The molecule has 3 rings (SSSR count). The van der Waals surface area contributed by atoms with Crippen LogP contribution >= 0.6 is 0 Å². The van der Waals surface area contributed by atoms with Gasteiger partial charge in [0, 0.05) is 12.1 Å². The van der Waals surface area contributed by atoms with Crippen LogP contribution in [0.15, 0.2) is 43.5 Å². The lowest BCUT2D eigenvalue weighted by molar-refractivity contribution is 0.0664. The quantitative estimate of drug-likeness (QED) is 0.725. The summed E-state index contributed by atoms with van der Waals surface area (Å²) in [7, 11) is 0. The van der Waals surface area contributed by atoms with Crippen LogP contribution in [-0.2, 0) is 0 Å². The van der Waals surface area contributed by atoms with E-state index in [-0.39, 0.29) is 11.4 Å². The van der Waals surface area contributed by atoms with Gasteiger partial charge in [0.15, 0.2) is 0 Å². The van der Waals surface area contributed by atoms with Gasteiger partial charge in [0.2, 0.25) is 0 Å². The number of rotatable bonds is 2. The van der Waals surface area contributed by atoms with Crippen LogP contribution in [0.5, 0.6) is 0 Å².